The Kier molecular flexibility index (Phi) is 3.73. The largest absolute Gasteiger partial charge is 0.357 e. The first-order chi connectivity index (χ1) is 9.86. The van der Waals surface area contributed by atoms with Crippen LogP contribution in [0.3, 0.4) is 0 Å². The number of rotatable bonds is 5. The monoisotopic (exact) mass is 285 g/mol. The van der Waals surface area contributed by atoms with E-state index >= 15 is 0 Å². The molecular weight excluding hydrogens is 270 g/mol. The summed E-state index contributed by atoms with van der Waals surface area (Å²) in [6.07, 6.45) is 8.37. The van der Waals surface area contributed by atoms with E-state index in [2.05, 4.69) is 32.4 Å². The number of anilines is 1. The lowest BCUT2D eigenvalue weighted by molar-refractivity contribution is 1.09. The van der Waals surface area contributed by atoms with Crippen molar-refractivity contribution in [3.63, 3.8) is 0 Å². The van der Waals surface area contributed by atoms with Gasteiger partial charge in [-0.1, -0.05) is 6.92 Å². The molecule has 3 heterocycles. The van der Waals surface area contributed by atoms with E-state index in [4.69, 9.17) is 0 Å². The summed E-state index contributed by atoms with van der Waals surface area (Å²) in [4.78, 5) is 9.77. The molecule has 0 atom stereocenters. The third kappa shape index (κ3) is 2.70. The summed E-state index contributed by atoms with van der Waals surface area (Å²) in [5.74, 6) is 0. The molecule has 3 aromatic rings. The molecule has 0 radical (unpaired) electrons. The maximum Gasteiger partial charge on any atom is 0.183 e. The fourth-order valence-corrected chi connectivity index (χ4v) is 2.68. The van der Waals surface area contributed by atoms with Gasteiger partial charge in [0.15, 0.2) is 5.13 Å². The van der Waals surface area contributed by atoms with Crippen molar-refractivity contribution in [2.45, 2.75) is 19.9 Å². The number of nitrogens with one attached hydrogen (secondary N) is 2. The summed E-state index contributed by atoms with van der Waals surface area (Å²) >= 11 is 1.69. The molecule has 3 aromatic heterocycles. The zero-order valence-corrected chi connectivity index (χ0v) is 11.9. The highest BCUT2D eigenvalue weighted by Crippen LogP contribution is 2.23. The molecular formula is C14H15N5S. The minimum absolute atomic E-state index is 0.692. The molecule has 5 nitrogen and oxygen atoms in total. The van der Waals surface area contributed by atoms with E-state index in [9.17, 15) is 0 Å². The van der Waals surface area contributed by atoms with Gasteiger partial charge in [-0.3, -0.25) is 10.1 Å². The van der Waals surface area contributed by atoms with Crippen LogP contribution in [0.1, 0.15) is 17.4 Å². The molecule has 0 saturated carbocycles. The molecule has 3 rings (SSSR count). The van der Waals surface area contributed by atoms with E-state index in [0.29, 0.717) is 6.54 Å². The van der Waals surface area contributed by atoms with Gasteiger partial charge in [0.25, 0.3) is 0 Å². The first-order valence-corrected chi connectivity index (χ1v) is 7.29. The number of pyridine rings is 1. The molecule has 102 valence electrons. The number of hydrogen-bond acceptors (Lipinski definition) is 5. The standard InChI is InChI=1S/C14H15N5S/c1-2-12-9-17-14(20-12)16-7-11-8-18-19-13(11)10-4-3-5-15-6-10/h3-6,8-9H,2,7H2,1H3,(H,16,17)(H,18,19). The molecule has 0 fully saturated rings. The average molecular weight is 285 g/mol. The van der Waals surface area contributed by atoms with Crippen LogP contribution in [0.2, 0.25) is 0 Å². The third-order valence-electron chi connectivity index (χ3n) is 3.00. The molecule has 0 aliphatic heterocycles. The second-order valence-electron chi connectivity index (χ2n) is 4.35. The van der Waals surface area contributed by atoms with Crippen molar-refractivity contribution in [2.24, 2.45) is 0 Å². The van der Waals surface area contributed by atoms with Crippen molar-refractivity contribution in [3.8, 4) is 11.3 Å². The van der Waals surface area contributed by atoms with Crippen LogP contribution < -0.4 is 5.32 Å². The second kappa shape index (κ2) is 5.83. The lowest BCUT2D eigenvalue weighted by atomic mass is 10.1. The minimum Gasteiger partial charge on any atom is -0.357 e. The van der Waals surface area contributed by atoms with Crippen LogP contribution in [0.25, 0.3) is 11.3 Å². The van der Waals surface area contributed by atoms with Crippen LogP contribution in [0.15, 0.2) is 36.9 Å². The van der Waals surface area contributed by atoms with Gasteiger partial charge in [0.2, 0.25) is 0 Å². The van der Waals surface area contributed by atoms with Crippen LogP contribution in [0.5, 0.6) is 0 Å². The molecule has 0 saturated heterocycles. The molecule has 0 unspecified atom stereocenters. The molecule has 0 aliphatic carbocycles. The zero-order valence-electron chi connectivity index (χ0n) is 11.1. The molecule has 2 N–H and O–H groups in total. The summed E-state index contributed by atoms with van der Waals surface area (Å²) in [7, 11) is 0. The summed E-state index contributed by atoms with van der Waals surface area (Å²) in [6, 6.07) is 3.93. The fourth-order valence-electron chi connectivity index (χ4n) is 1.93. The highest BCUT2D eigenvalue weighted by Gasteiger charge is 2.08. The highest BCUT2D eigenvalue weighted by atomic mass is 32.1. The average Bonchev–Trinajstić information content (AvgIpc) is 3.15. The molecule has 6 heteroatoms. The first kappa shape index (κ1) is 12.8. The van der Waals surface area contributed by atoms with E-state index in [1.54, 1.807) is 17.5 Å². The SMILES string of the molecule is CCc1cnc(NCc2cn[nH]c2-c2cccnc2)s1. The van der Waals surface area contributed by atoms with Crippen molar-refractivity contribution in [1.29, 1.82) is 0 Å². The molecule has 20 heavy (non-hydrogen) atoms. The van der Waals surface area contributed by atoms with Crippen LogP contribution in [-0.4, -0.2) is 20.2 Å². The third-order valence-corrected chi connectivity index (χ3v) is 4.10. The molecule has 0 aliphatic rings. The number of aromatic nitrogens is 4. The summed E-state index contributed by atoms with van der Waals surface area (Å²) in [5.41, 5.74) is 3.14. The van der Waals surface area contributed by atoms with Gasteiger partial charge in [0, 0.05) is 41.1 Å². The molecule has 0 amide bonds. The van der Waals surface area contributed by atoms with Crippen LogP contribution in [0, 0.1) is 0 Å². The molecule has 0 aromatic carbocycles. The van der Waals surface area contributed by atoms with Crippen molar-refractivity contribution >= 4 is 16.5 Å². The van der Waals surface area contributed by atoms with Gasteiger partial charge in [-0.2, -0.15) is 5.10 Å². The normalized spacial score (nSPS) is 10.7. The van der Waals surface area contributed by atoms with Crippen molar-refractivity contribution < 1.29 is 0 Å². The van der Waals surface area contributed by atoms with Crippen LogP contribution in [0.4, 0.5) is 5.13 Å². The number of aryl methyl sites for hydroxylation is 1. The van der Waals surface area contributed by atoms with Gasteiger partial charge in [0.05, 0.1) is 11.9 Å². The first-order valence-electron chi connectivity index (χ1n) is 6.48. The van der Waals surface area contributed by atoms with E-state index < -0.39 is 0 Å². The maximum atomic E-state index is 4.35. The predicted octanol–water partition coefficient (Wildman–Crippen LogP) is 3.10. The zero-order chi connectivity index (χ0) is 13.8. The van der Waals surface area contributed by atoms with Crippen molar-refractivity contribution in [1.82, 2.24) is 20.2 Å². The Labute approximate surface area is 121 Å². The van der Waals surface area contributed by atoms with Gasteiger partial charge in [-0.25, -0.2) is 4.98 Å². The summed E-state index contributed by atoms with van der Waals surface area (Å²) < 4.78 is 0. The number of nitrogens with zero attached hydrogens (tertiary/aromatic N) is 3. The fraction of sp³-hybridized carbons (Fsp3) is 0.214. The van der Waals surface area contributed by atoms with Crippen LogP contribution >= 0.6 is 11.3 Å². The molecule has 0 spiro atoms. The van der Waals surface area contributed by atoms with E-state index in [-0.39, 0.29) is 0 Å². The second-order valence-corrected chi connectivity index (χ2v) is 5.47. The Morgan fingerprint density at radius 2 is 2.25 bits per heavy atom. The van der Waals surface area contributed by atoms with Gasteiger partial charge in [-0.15, -0.1) is 11.3 Å². The lowest BCUT2D eigenvalue weighted by Crippen LogP contribution is -1.99. The number of aromatic amines is 1. The van der Waals surface area contributed by atoms with E-state index in [1.165, 1.54) is 4.88 Å². The predicted molar refractivity (Wildman–Crippen MR) is 80.6 cm³/mol. The lowest BCUT2D eigenvalue weighted by Gasteiger charge is -2.04. The molecule has 0 bridgehead atoms. The summed E-state index contributed by atoms with van der Waals surface area (Å²) in [6.45, 7) is 2.82. The van der Waals surface area contributed by atoms with Gasteiger partial charge in [-0.05, 0) is 18.6 Å². The van der Waals surface area contributed by atoms with Gasteiger partial charge in [0.1, 0.15) is 0 Å². The highest BCUT2D eigenvalue weighted by molar-refractivity contribution is 7.15. The smallest absolute Gasteiger partial charge is 0.183 e. The van der Waals surface area contributed by atoms with E-state index in [0.717, 1.165) is 28.4 Å². The van der Waals surface area contributed by atoms with Crippen LogP contribution in [-0.2, 0) is 13.0 Å². The number of H-pyrrole nitrogens is 1. The Morgan fingerprint density at radius 3 is 3.00 bits per heavy atom. The Hall–Kier alpha value is -2.21. The van der Waals surface area contributed by atoms with Crippen molar-refractivity contribution in [3.05, 3.63) is 47.4 Å². The maximum absolute atomic E-state index is 4.35. The van der Waals surface area contributed by atoms with Gasteiger partial charge >= 0.3 is 0 Å². The minimum atomic E-state index is 0.692. The topological polar surface area (TPSA) is 66.5 Å². The number of hydrogen-bond donors (Lipinski definition) is 2. The quantitative estimate of drug-likeness (QED) is 0.756. The Balaban J connectivity index is 1.74. The van der Waals surface area contributed by atoms with Gasteiger partial charge < -0.3 is 5.32 Å². The number of thiazole rings is 1. The van der Waals surface area contributed by atoms with E-state index in [1.807, 2.05) is 30.7 Å². The Bertz CT molecular complexity index is 674. The Morgan fingerprint density at radius 1 is 1.30 bits per heavy atom. The summed E-state index contributed by atoms with van der Waals surface area (Å²) in [5, 5.41) is 11.4. The van der Waals surface area contributed by atoms with Crippen molar-refractivity contribution in [2.75, 3.05) is 5.32 Å².